The van der Waals surface area contributed by atoms with Crippen LogP contribution in [0.5, 0.6) is 5.75 Å². The number of rotatable bonds is 9. The van der Waals surface area contributed by atoms with Crippen LogP contribution in [0, 0.1) is 0 Å². The number of carbonyl (C=O) groups is 1. The molecule has 1 amide bonds. The normalized spacial score (nSPS) is 10.7. The number of thioether (sulfide) groups is 1. The second-order valence-corrected chi connectivity index (χ2v) is 6.19. The van der Waals surface area contributed by atoms with Crippen LogP contribution >= 0.6 is 11.8 Å². The number of amides is 1. The predicted molar refractivity (Wildman–Crippen MR) is 101 cm³/mol. The number of nitrogens with zero attached hydrogens (tertiary/aromatic N) is 1. The zero-order chi connectivity index (χ0) is 17.0. The molecule has 0 saturated heterocycles. The van der Waals surface area contributed by atoms with Gasteiger partial charge in [0.2, 0.25) is 5.91 Å². The second-order valence-electron chi connectivity index (χ2n) is 5.08. The molecule has 0 fully saturated rings. The van der Waals surface area contributed by atoms with Crippen LogP contribution in [0.15, 0.2) is 59.7 Å². The average molecular weight is 342 g/mol. The maximum Gasteiger partial charge on any atom is 0.250 e. The van der Waals surface area contributed by atoms with Crippen molar-refractivity contribution in [3.05, 3.63) is 65.7 Å². The standard InChI is InChI=1S/C19H22N2O2S/c1-2-23-18-10-8-17(9-11-18)14-20-21-19(22)15-24-13-12-16-6-4-3-5-7-16/h3-11,14H,2,12-13,15H2,1H3,(H,21,22)/b20-14-. The number of hydrazone groups is 1. The molecule has 2 aromatic carbocycles. The Hall–Kier alpha value is -2.27. The molecule has 0 radical (unpaired) electrons. The van der Waals surface area contributed by atoms with Gasteiger partial charge in [-0.05, 0) is 54.5 Å². The van der Waals surface area contributed by atoms with Gasteiger partial charge in [-0.2, -0.15) is 16.9 Å². The summed E-state index contributed by atoms with van der Waals surface area (Å²) in [6, 6.07) is 17.8. The first-order valence-corrected chi connectivity index (χ1v) is 9.10. The van der Waals surface area contributed by atoms with Gasteiger partial charge in [-0.15, -0.1) is 0 Å². The van der Waals surface area contributed by atoms with E-state index in [1.54, 1.807) is 18.0 Å². The molecule has 0 spiro atoms. The highest BCUT2D eigenvalue weighted by atomic mass is 32.2. The Balaban J connectivity index is 1.63. The highest BCUT2D eigenvalue weighted by Gasteiger charge is 2.00. The topological polar surface area (TPSA) is 50.7 Å². The molecule has 0 aromatic heterocycles. The van der Waals surface area contributed by atoms with Crippen molar-refractivity contribution >= 4 is 23.9 Å². The maximum absolute atomic E-state index is 11.7. The SMILES string of the molecule is CCOc1ccc(/C=N\NC(=O)CSCCc2ccccc2)cc1. The zero-order valence-electron chi connectivity index (χ0n) is 13.8. The summed E-state index contributed by atoms with van der Waals surface area (Å²) in [5, 5.41) is 3.98. The number of carbonyl (C=O) groups excluding carboxylic acids is 1. The predicted octanol–water partition coefficient (Wildman–Crippen LogP) is 3.51. The van der Waals surface area contributed by atoms with E-state index in [1.165, 1.54) is 5.56 Å². The number of aryl methyl sites for hydroxylation is 1. The summed E-state index contributed by atoms with van der Waals surface area (Å²) >= 11 is 1.61. The maximum atomic E-state index is 11.7. The molecular formula is C19H22N2O2S. The number of benzene rings is 2. The first-order chi connectivity index (χ1) is 11.8. The lowest BCUT2D eigenvalue weighted by Crippen LogP contribution is -2.20. The van der Waals surface area contributed by atoms with E-state index in [9.17, 15) is 4.79 Å². The molecule has 0 bridgehead atoms. The summed E-state index contributed by atoms with van der Waals surface area (Å²) in [6.07, 6.45) is 2.59. The lowest BCUT2D eigenvalue weighted by Gasteiger charge is -2.03. The molecule has 1 N–H and O–H groups in total. The summed E-state index contributed by atoms with van der Waals surface area (Å²) in [6.45, 7) is 2.59. The van der Waals surface area contributed by atoms with Crippen LogP contribution in [0.4, 0.5) is 0 Å². The third kappa shape index (κ3) is 6.87. The molecule has 24 heavy (non-hydrogen) atoms. The number of hydrogen-bond donors (Lipinski definition) is 1. The average Bonchev–Trinajstić information content (AvgIpc) is 2.61. The Bertz CT molecular complexity index is 642. The van der Waals surface area contributed by atoms with Crippen molar-refractivity contribution < 1.29 is 9.53 Å². The van der Waals surface area contributed by atoms with Gasteiger partial charge in [-0.25, -0.2) is 5.43 Å². The summed E-state index contributed by atoms with van der Waals surface area (Å²) in [5.74, 6) is 2.07. The Morgan fingerprint density at radius 3 is 2.62 bits per heavy atom. The fourth-order valence-corrected chi connectivity index (χ4v) is 2.80. The Labute approximate surface area is 147 Å². The van der Waals surface area contributed by atoms with Crippen LogP contribution in [0.2, 0.25) is 0 Å². The minimum atomic E-state index is -0.0877. The second kappa shape index (κ2) is 10.5. The van der Waals surface area contributed by atoms with E-state index in [1.807, 2.05) is 49.4 Å². The number of hydrogen-bond acceptors (Lipinski definition) is 4. The van der Waals surface area contributed by atoms with Gasteiger partial charge in [0, 0.05) is 0 Å². The van der Waals surface area contributed by atoms with Crippen LogP contribution < -0.4 is 10.2 Å². The van der Waals surface area contributed by atoms with E-state index in [-0.39, 0.29) is 5.91 Å². The Morgan fingerprint density at radius 1 is 1.17 bits per heavy atom. The van der Waals surface area contributed by atoms with Crippen molar-refractivity contribution in [1.82, 2.24) is 5.43 Å². The molecule has 0 heterocycles. The number of nitrogens with one attached hydrogen (secondary N) is 1. The van der Waals surface area contributed by atoms with E-state index < -0.39 is 0 Å². The van der Waals surface area contributed by atoms with E-state index in [2.05, 4.69) is 22.7 Å². The molecule has 0 unspecified atom stereocenters. The monoisotopic (exact) mass is 342 g/mol. The molecule has 4 nitrogen and oxygen atoms in total. The molecule has 2 aromatic rings. The fraction of sp³-hybridized carbons (Fsp3) is 0.263. The van der Waals surface area contributed by atoms with Crippen LogP contribution in [0.3, 0.4) is 0 Å². The highest BCUT2D eigenvalue weighted by molar-refractivity contribution is 7.99. The van der Waals surface area contributed by atoms with Crippen molar-refractivity contribution in [1.29, 1.82) is 0 Å². The van der Waals surface area contributed by atoms with E-state index >= 15 is 0 Å². The van der Waals surface area contributed by atoms with Crippen LogP contribution in [-0.2, 0) is 11.2 Å². The van der Waals surface area contributed by atoms with Gasteiger partial charge in [0.1, 0.15) is 5.75 Å². The minimum Gasteiger partial charge on any atom is -0.494 e. The van der Waals surface area contributed by atoms with Gasteiger partial charge >= 0.3 is 0 Å². The Morgan fingerprint density at radius 2 is 1.92 bits per heavy atom. The fourth-order valence-electron chi connectivity index (χ4n) is 2.03. The first kappa shape index (κ1) is 18.1. The zero-order valence-corrected chi connectivity index (χ0v) is 14.6. The molecule has 0 atom stereocenters. The molecule has 5 heteroatoms. The van der Waals surface area contributed by atoms with E-state index in [4.69, 9.17) is 4.74 Å². The van der Waals surface area contributed by atoms with Crippen molar-refractivity contribution in [2.45, 2.75) is 13.3 Å². The van der Waals surface area contributed by atoms with Crippen LogP contribution in [0.25, 0.3) is 0 Å². The molecule has 2 rings (SSSR count). The van der Waals surface area contributed by atoms with Crippen molar-refractivity contribution in [2.75, 3.05) is 18.1 Å². The van der Waals surface area contributed by atoms with Gasteiger partial charge in [-0.3, -0.25) is 4.79 Å². The van der Waals surface area contributed by atoms with Gasteiger partial charge in [0.15, 0.2) is 0 Å². The highest BCUT2D eigenvalue weighted by Crippen LogP contribution is 2.10. The molecular weight excluding hydrogens is 320 g/mol. The van der Waals surface area contributed by atoms with Crippen LogP contribution in [-0.4, -0.2) is 30.2 Å². The third-order valence-corrected chi connectivity index (χ3v) is 4.16. The molecule has 0 aliphatic heterocycles. The first-order valence-electron chi connectivity index (χ1n) is 7.94. The third-order valence-electron chi connectivity index (χ3n) is 3.21. The quantitative estimate of drug-likeness (QED) is 0.431. The van der Waals surface area contributed by atoms with Crippen molar-refractivity contribution in [3.8, 4) is 5.75 Å². The van der Waals surface area contributed by atoms with Gasteiger partial charge in [-0.1, -0.05) is 30.3 Å². The van der Waals surface area contributed by atoms with E-state index in [0.717, 1.165) is 23.5 Å². The lowest BCUT2D eigenvalue weighted by atomic mass is 10.2. The largest absolute Gasteiger partial charge is 0.494 e. The summed E-state index contributed by atoms with van der Waals surface area (Å²) in [4.78, 5) is 11.7. The van der Waals surface area contributed by atoms with Gasteiger partial charge < -0.3 is 4.74 Å². The molecule has 0 saturated carbocycles. The summed E-state index contributed by atoms with van der Waals surface area (Å²) in [7, 11) is 0. The van der Waals surface area contributed by atoms with E-state index in [0.29, 0.717) is 12.4 Å². The molecule has 0 aliphatic rings. The van der Waals surface area contributed by atoms with Crippen molar-refractivity contribution in [2.24, 2.45) is 5.10 Å². The minimum absolute atomic E-state index is 0.0877. The number of ether oxygens (including phenoxy) is 1. The smallest absolute Gasteiger partial charge is 0.250 e. The van der Waals surface area contributed by atoms with Crippen LogP contribution in [0.1, 0.15) is 18.1 Å². The van der Waals surface area contributed by atoms with Crippen molar-refractivity contribution in [3.63, 3.8) is 0 Å². The van der Waals surface area contributed by atoms with Gasteiger partial charge in [0.25, 0.3) is 0 Å². The summed E-state index contributed by atoms with van der Waals surface area (Å²) < 4.78 is 5.37. The Kier molecular flexibility index (Phi) is 7.90. The molecule has 0 aliphatic carbocycles. The lowest BCUT2D eigenvalue weighted by molar-refractivity contribution is -0.118. The van der Waals surface area contributed by atoms with Gasteiger partial charge in [0.05, 0.1) is 18.6 Å². The molecule has 126 valence electrons. The summed E-state index contributed by atoms with van der Waals surface area (Å²) in [5.41, 5.74) is 4.75.